The minimum Gasteiger partial charge on any atom is -0.444 e. The van der Waals surface area contributed by atoms with Crippen LogP contribution in [-0.2, 0) is 4.74 Å². The maximum atomic E-state index is 14.4. The third-order valence-electron chi connectivity index (χ3n) is 5.13. The van der Waals surface area contributed by atoms with Gasteiger partial charge in [-0.1, -0.05) is 11.6 Å². The van der Waals surface area contributed by atoms with Crippen LogP contribution in [-0.4, -0.2) is 57.7 Å². The van der Waals surface area contributed by atoms with Gasteiger partial charge < -0.3 is 14.5 Å². The van der Waals surface area contributed by atoms with E-state index >= 15 is 0 Å². The number of pyridine rings is 1. The molecule has 2 aliphatic heterocycles. The first-order valence-corrected chi connectivity index (χ1v) is 10.3. The van der Waals surface area contributed by atoms with Crippen LogP contribution in [0.25, 0.3) is 10.9 Å². The Morgan fingerprint density at radius 3 is 2.45 bits per heavy atom. The van der Waals surface area contributed by atoms with Crippen LogP contribution < -0.4 is 4.90 Å². The number of likely N-dealkylation sites (tertiary alicyclic amines) is 1. The fraction of sp³-hybridized carbons (Fsp3) is 0.579. The number of halogens is 3. The molecule has 7 nitrogen and oxygen atoms in total. The predicted octanol–water partition coefficient (Wildman–Crippen LogP) is 4.16. The van der Waals surface area contributed by atoms with Crippen molar-refractivity contribution in [3.05, 3.63) is 22.5 Å². The fourth-order valence-electron chi connectivity index (χ4n) is 4.16. The van der Waals surface area contributed by atoms with Crippen molar-refractivity contribution >= 4 is 46.0 Å². The first-order chi connectivity index (χ1) is 13.6. The van der Waals surface area contributed by atoms with E-state index in [2.05, 4.69) is 19.9 Å². The van der Waals surface area contributed by atoms with E-state index in [9.17, 15) is 9.18 Å². The molecular weight excluding hydrogens is 420 g/mol. The number of hydrogen-bond acceptors (Lipinski definition) is 6. The SMILES string of the molecule is CC(C)(C)OC(=O)N1CC2CC(C1)CN(c1nc(Cl)nc3c(F)c(Cl)ncc13)C2. The van der Waals surface area contributed by atoms with Crippen LogP contribution >= 0.6 is 23.2 Å². The summed E-state index contributed by atoms with van der Waals surface area (Å²) in [6.45, 7) is 8.14. The van der Waals surface area contributed by atoms with Crippen LogP contribution in [0, 0.1) is 17.7 Å². The van der Waals surface area contributed by atoms with Crippen molar-refractivity contribution in [2.75, 3.05) is 31.1 Å². The average molecular weight is 442 g/mol. The average Bonchev–Trinajstić information content (AvgIpc) is 2.62. The molecule has 1 amide bonds. The summed E-state index contributed by atoms with van der Waals surface area (Å²) in [5.74, 6) is 0.347. The monoisotopic (exact) mass is 441 g/mol. The molecule has 0 N–H and O–H groups in total. The number of amides is 1. The number of aromatic nitrogens is 3. The van der Waals surface area contributed by atoms with E-state index in [1.807, 2.05) is 20.8 Å². The Morgan fingerprint density at radius 2 is 1.83 bits per heavy atom. The zero-order valence-electron chi connectivity index (χ0n) is 16.5. The van der Waals surface area contributed by atoms with Gasteiger partial charge in [-0.05, 0) is 50.6 Å². The van der Waals surface area contributed by atoms with Gasteiger partial charge >= 0.3 is 6.09 Å². The van der Waals surface area contributed by atoms with Gasteiger partial charge in [-0.15, -0.1) is 0 Å². The van der Waals surface area contributed by atoms with E-state index in [1.54, 1.807) is 4.90 Å². The van der Waals surface area contributed by atoms with E-state index in [4.69, 9.17) is 27.9 Å². The summed E-state index contributed by atoms with van der Waals surface area (Å²) < 4.78 is 19.9. The second kappa shape index (κ2) is 7.40. The molecule has 2 aromatic rings. The molecular formula is C19H22Cl2FN5O2. The van der Waals surface area contributed by atoms with E-state index < -0.39 is 11.4 Å². The van der Waals surface area contributed by atoms with Crippen LogP contribution in [0.2, 0.25) is 10.4 Å². The third kappa shape index (κ3) is 4.19. The molecule has 2 aromatic heterocycles. The molecule has 0 spiro atoms. The first-order valence-electron chi connectivity index (χ1n) is 9.51. The van der Waals surface area contributed by atoms with Gasteiger partial charge in [0.25, 0.3) is 0 Å². The van der Waals surface area contributed by atoms with Gasteiger partial charge in [0.05, 0.1) is 5.39 Å². The number of ether oxygens (including phenoxy) is 1. The van der Waals surface area contributed by atoms with Crippen molar-refractivity contribution in [2.24, 2.45) is 11.8 Å². The Morgan fingerprint density at radius 1 is 1.17 bits per heavy atom. The highest BCUT2D eigenvalue weighted by atomic mass is 35.5. The number of nitrogens with zero attached hydrogens (tertiary/aromatic N) is 5. The van der Waals surface area contributed by atoms with Gasteiger partial charge in [0.2, 0.25) is 5.28 Å². The van der Waals surface area contributed by atoms with Crippen molar-refractivity contribution in [3.8, 4) is 0 Å². The molecule has 0 aromatic carbocycles. The lowest BCUT2D eigenvalue weighted by Gasteiger charge is -2.46. The summed E-state index contributed by atoms with van der Waals surface area (Å²) in [7, 11) is 0. The standard InChI is InChI=1S/C19H22Cl2FN5O2/c1-19(2,3)29-18(28)27-8-10-4-11(9-27)7-26(6-10)16-12-5-23-15(20)13(22)14(12)24-17(21)25-16/h5,10-11H,4,6-9H2,1-3H3. The lowest BCUT2D eigenvalue weighted by molar-refractivity contribution is 0.00760. The number of hydrogen-bond donors (Lipinski definition) is 0. The summed E-state index contributed by atoms with van der Waals surface area (Å²) in [4.78, 5) is 28.6. The molecule has 2 atom stereocenters. The van der Waals surface area contributed by atoms with Crippen molar-refractivity contribution in [2.45, 2.75) is 32.8 Å². The molecule has 156 valence electrons. The number of anilines is 1. The largest absolute Gasteiger partial charge is 0.444 e. The molecule has 29 heavy (non-hydrogen) atoms. The first kappa shape index (κ1) is 20.3. The molecule has 2 fully saturated rings. The Hall–Kier alpha value is -1.93. The molecule has 10 heteroatoms. The van der Waals surface area contributed by atoms with Crippen molar-refractivity contribution in [1.82, 2.24) is 19.9 Å². The smallest absolute Gasteiger partial charge is 0.410 e. The lowest BCUT2D eigenvalue weighted by atomic mass is 9.84. The fourth-order valence-corrected chi connectivity index (χ4v) is 4.47. The molecule has 0 aliphatic carbocycles. The van der Waals surface area contributed by atoms with Gasteiger partial charge in [-0.3, -0.25) is 0 Å². The summed E-state index contributed by atoms with van der Waals surface area (Å²) in [5.41, 5.74) is -0.462. The van der Waals surface area contributed by atoms with Crippen molar-refractivity contribution in [1.29, 1.82) is 0 Å². The number of carbonyl (C=O) groups excluding carboxylic acids is 1. The normalized spacial score (nSPS) is 22.1. The van der Waals surface area contributed by atoms with Crippen molar-refractivity contribution < 1.29 is 13.9 Å². The van der Waals surface area contributed by atoms with Gasteiger partial charge in [0, 0.05) is 32.4 Å². The number of fused-ring (bicyclic) bond motifs is 3. The third-order valence-corrected chi connectivity index (χ3v) is 5.56. The van der Waals surface area contributed by atoms with E-state index in [0.717, 1.165) is 6.42 Å². The second-order valence-electron chi connectivity index (χ2n) is 8.70. The molecule has 2 saturated heterocycles. The zero-order valence-corrected chi connectivity index (χ0v) is 18.0. The van der Waals surface area contributed by atoms with Gasteiger partial charge in [-0.2, -0.15) is 4.98 Å². The summed E-state index contributed by atoms with van der Waals surface area (Å²) in [6, 6.07) is 0. The van der Waals surface area contributed by atoms with Gasteiger partial charge in [0.15, 0.2) is 11.0 Å². The minimum absolute atomic E-state index is 0.0419. The Bertz CT molecular complexity index is 954. The molecule has 2 unspecified atom stereocenters. The molecule has 0 radical (unpaired) electrons. The van der Waals surface area contributed by atoms with Crippen LogP contribution in [0.15, 0.2) is 6.20 Å². The molecule has 4 rings (SSSR count). The quantitative estimate of drug-likeness (QED) is 0.488. The zero-order chi connectivity index (χ0) is 20.9. The number of rotatable bonds is 1. The summed E-state index contributed by atoms with van der Waals surface area (Å²) in [6.07, 6.45) is 2.21. The lowest BCUT2D eigenvalue weighted by Crippen LogP contribution is -2.55. The molecule has 0 saturated carbocycles. The molecule has 4 heterocycles. The number of carbonyl (C=O) groups is 1. The van der Waals surface area contributed by atoms with Gasteiger partial charge in [0.1, 0.15) is 16.9 Å². The summed E-state index contributed by atoms with van der Waals surface area (Å²) in [5, 5.41) is 0.182. The van der Waals surface area contributed by atoms with Gasteiger partial charge in [-0.25, -0.2) is 19.2 Å². The second-order valence-corrected chi connectivity index (χ2v) is 9.40. The minimum atomic E-state index is -0.706. The topological polar surface area (TPSA) is 71.5 Å². The van der Waals surface area contributed by atoms with Crippen LogP contribution in [0.4, 0.5) is 15.0 Å². The Kier molecular flexibility index (Phi) is 5.19. The maximum absolute atomic E-state index is 14.4. The highest BCUT2D eigenvalue weighted by Gasteiger charge is 2.38. The van der Waals surface area contributed by atoms with Crippen LogP contribution in [0.5, 0.6) is 0 Å². The molecule has 2 bridgehead atoms. The maximum Gasteiger partial charge on any atom is 0.410 e. The van der Waals surface area contributed by atoms with E-state index in [1.165, 1.54) is 6.20 Å². The van der Waals surface area contributed by atoms with Crippen molar-refractivity contribution in [3.63, 3.8) is 0 Å². The Balaban J connectivity index is 1.58. The molecule has 2 aliphatic rings. The van der Waals surface area contributed by atoms with Crippen LogP contribution in [0.3, 0.4) is 0 Å². The summed E-state index contributed by atoms with van der Waals surface area (Å²) >= 11 is 11.9. The van der Waals surface area contributed by atoms with E-state index in [0.29, 0.717) is 37.4 Å². The van der Waals surface area contributed by atoms with E-state index in [-0.39, 0.29) is 33.9 Å². The predicted molar refractivity (Wildman–Crippen MR) is 109 cm³/mol. The Labute approximate surface area is 178 Å². The van der Waals surface area contributed by atoms with Crippen LogP contribution in [0.1, 0.15) is 27.2 Å². The highest BCUT2D eigenvalue weighted by molar-refractivity contribution is 6.30. The number of piperidine rings is 2. The highest BCUT2D eigenvalue weighted by Crippen LogP contribution is 2.35.